The van der Waals surface area contributed by atoms with Crippen LogP contribution in [0.5, 0.6) is 0 Å². The fourth-order valence-corrected chi connectivity index (χ4v) is 0.174. The molecule has 0 radical (unpaired) electrons. The van der Waals surface area contributed by atoms with Gasteiger partial charge >= 0.3 is 0 Å². The Bertz CT molecular complexity index is 92.5. The fourth-order valence-electron chi connectivity index (χ4n) is 0.174. The van der Waals surface area contributed by atoms with Crippen molar-refractivity contribution in [2.45, 2.75) is 0 Å². The second kappa shape index (κ2) is 4.07. The lowest BCUT2D eigenvalue weighted by Crippen LogP contribution is -2.30. The number of carbonyl (C=O) groups is 2. The monoisotopic (exact) mass is 118 g/mol. The van der Waals surface area contributed by atoms with Crippen molar-refractivity contribution in [3.8, 4) is 0 Å². The van der Waals surface area contributed by atoms with Gasteiger partial charge in [0.25, 0.3) is 5.91 Å². The molecule has 0 aliphatic carbocycles. The lowest BCUT2D eigenvalue weighted by atomic mass is 10.6. The molecule has 0 unspecified atom stereocenters. The van der Waals surface area contributed by atoms with Crippen LogP contribution < -0.4 is 10.8 Å². The van der Waals surface area contributed by atoms with Crippen molar-refractivity contribution in [1.82, 2.24) is 10.8 Å². The number of amides is 2. The van der Waals surface area contributed by atoms with Gasteiger partial charge in [-0.3, -0.25) is 14.8 Å². The Morgan fingerprint density at radius 3 is 2.75 bits per heavy atom. The Hall–Kier alpha value is -1.10. The van der Waals surface area contributed by atoms with Crippen LogP contribution >= 0.6 is 0 Å². The van der Waals surface area contributed by atoms with Crippen molar-refractivity contribution in [2.24, 2.45) is 0 Å². The Morgan fingerprint density at radius 1 is 1.75 bits per heavy atom. The molecule has 0 aliphatic rings. The highest BCUT2D eigenvalue weighted by atomic mass is 16.5. The Balaban J connectivity index is 3.11. The van der Waals surface area contributed by atoms with Crippen molar-refractivity contribution in [1.29, 1.82) is 0 Å². The second-order valence-electron chi connectivity index (χ2n) is 1.03. The van der Waals surface area contributed by atoms with Crippen molar-refractivity contribution in [2.75, 3.05) is 6.54 Å². The molecule has 0 aromatic heterocycles. The van der Waals surface area contributed by atoms with Crippen molar-refractivity contribution < 1.29 is 14.8 Å². The molecule has 2 amide bonds. The van der Waals surface area contributed by atoms with E-state index in [9.17, 15) is 9.59 Å². The molecule has 0 rings (SSSR count). The van der Waals surface area contributed by atoms with E-state index in [2.05, 4.69) is 0 Å². The summed E-state index contributed by atoms with van der Waals surface area (Å²) >= 11 is 0. The summed E-state index contributed by atoms with van der Waals surface area (Å²) < 4.78 is 0. The molecule has 0 aromatic rings. The van der Waals surface area contributed by atoms with Gasteiger partial charge in [0.2, 0.25) is 6.41 Å². The Labute approximate surface area is 45.6 Å². The van der Waals surface area contributed by atoms with Gasteiger partial charge < -0.3 is 5.32 Å². The average Bonchev–Trinajstić information content (AvgIpc) is 1.83. The van der Waals surface area contributed by atoms with Crippen LogP contribution in [0.15, 0.2) is 0 Å². The maximum absolute atomic E-state index is 9.99. The summed E-state index contributed by atoms with van der Waals surface area (Å²) in [5.41, 5.74) is 1.34. The molecular weight excluding hydrogens is 112 g/mol. The molecule has 0 bridgehead atoms. The van der Waals surface area contributed by atoms with Crippen LogP contribution in [-0.4, -0.2) is 24.1 Å². The number of carbonyl (C=O) groups excluding carboxylic acids is 2. The zero-order chi connectivity index (χ0) is 6.41. The van der Waals surface area contributed by atoms with Crippen LogP contribution in [0.3, 0.4) is 0 Å². The van der Waals surface area contributed by atoms with E-state index in [1.54, 1.807) is 0 Å². The zero-order valence-electron chi connectivity index (χ0n) is 4.05. The highest BCUT2D eigenvalue weighted by Crippen LogP contribution is 1.53. The van der Waals surface area contributed by atoms with Gasteiger partial charge in [-0.05, 0) is 0 Å². The summed E-state index contributed by atoms with van der Waals surface area (Å²) in [6.07, 6.45) is 0.370. The molecule has 0 heterocycles. The van der Waals surface area contributed by atoms with Gasteiger partial charge in [-0.15, -0.1) is 0 Å². The van der Waals surface area contributed by atoms with Crippen LogP contribution in [0.2, 0.25) is 0 Å². The van der Waals surface area contributed by atoms with Gasteiger partial charge in [0, 0.05) is 0 Å². The first kappa shape index (κ1) is 6.90. The number of rotatable bonds is 3. The molecule has 0 fully saturated rings. The molecule has 8 heavy (non-hydrogen) atoms. The van der Waals surface area contributed by atoms with Gasteiger partial charge in [-0.1, -0.05) is 0 Å². The molecule has 3 N–H and O–H groups in total. The lowest BCUT2D eigenvalue weighted by Gasteiger charge is -1.92. The highest BCUT2D eigenvalue weighted by molar-refractivity contribution is 5.78. The molecule has 0 aromatic carbocycles. The summed E-state index contributed by atoms with van der Waals surface area (Å²) in [4.78, 5) is 19.4. The molecule has 0 atom stereocenters. The quantitative estimate of drug-likeness (QED) is 0.233. The minimum absolute atomic E-state index is 0.194. The zero-order valence-corrected chi connectivity index (χ0v) is 4.05. The molecule has 0 spiro atoms. The van der Waals surface area contributed by atoms with Crippen LogP contribution in [0.4, 0.5) is 0 Å². The smallest absolute Gasteiger partial charge is 0.262 e. The van der Waals surface area contributed by atoms with E-state index in [0.717, 1.165) is 0 Å². The van der Waals surface area contributed by atoms with Crippen LogP contribution in [0.1, 0.15) is 0 Å². The first-order chi connectivity index (χ1) is 3.81. The maximum atomic E-state index is 9.99. The number of hydrogen-bond acceptors (Lipinski definition) is 3. The average molecular weight is 118 g/mol. The Morgan fingerprint density at radius 2 is 2.38 bits per heavy atom. The molecular formula is C3H6N2O3. The van der Waals surface area contributed by atoms with Gasteiger partial charge in [0.1, 0.15) is 0 Å². The van der Waals surface area contributed by atoms with E-state index < -0.39 is 5.91 Å². The van der Waals surface area contributed by atoms with E-state index >= 15 is 0 Å². The SMILES string of the molecule is O=CNCC(=O)NO. The normalized spacial score (nSPS) is 7.62. The topological polar surface area (TPSA) is 78.4 Å². The van der Waals surface area contributed by atoms with Gasteiger partial charge in [0.15, 0.2) is 0 Å². The van der Waals surface area contributed by atoms with Gasteiger partial charge in [-0.2, -0.15) is 0 Å². The summed E-state index contributed by atoms with van der Waals surface area (Å²) in [6.45, 7) is -0.194. The minimum Gasteiger partial charge on any atom is -0.350 e. The summed E-state index contributed by atoms with van der Waals surface area (Å²) in [7, 11) is 0. The van der Waals surface area contributed by atoms with Crippen LogP contribution in [-0.2, 0) is 9.59 Å². The first-order valence-corrected chi connectivity index (χ1v) is 1.91. The summed E-state index contributed by atoms with van der Waals surface area (Å²) in [5.74, 6) is -0.642. The van der Waals surface area contributed by atoms with Crippen molar-refractivity contribution in [3.05, 3.63) is 0 Å². The van der Waals surface area contributed by atoms with Gasteiger partial charge in [-0.25, -0.2) is 5.48 Å². The number of nitrogens with one attached hydrogen (secondary N) is 2. The third-order valence-electron chi connectivity index (χ3n) is 0.471. The van der Waals surface area contributed by atoms with Crippen LogP contribution in [0.25, 0.3) is 0 Å². The van der Waals surface area contributed by atoms with E-state index in [-0.39, 0.29) is 6.54 Å². The summed E-state index contributed by atoms with van der Waals surface area (Å²) in [6, 6.07) is 0. The second-order valence-corrected chi connectivity index (χ2v) is 1.03. The van der Waals surface area contributed by atoms with Crippen molar-refractivity contribution >= 4 is 12.3 Å². The predicted octanol–water partition coefficient (Wildman–Crippen LogP) is -1.76. The fraction of sp³-hybridized carbons (Fsp3) is 0.333. The standard InChI is InChI=1S/C3H6N2O3/c6-2-4-1-3(7)5-8/h2,8H,1H2,(H,4,6)(H,5,7). The molecule has 0 aliphatic heterocycles. The third kappa shape index (κ3) is 3.10. The number of hydroxylamine groups is 1. The predicted molar refractivity (Wildman–Crippen MR) is 24.0 cm³/mol. The van der Waals surface area contributed by atoms with E-state index in [1.165, 1.54) is 5.48 Å². The molecule has 5 nitrogen and oxygen atoms in total. The van der Waals surface area contributed by atoms with Gasteiger partial charge in [0.05, 0.1) is 6.54 Å². The van der Waals surface area contributed by atoms with E-state index in [1.807, 2.05) is 5.32 Å². The first-order valence-electron chi connectivity index (χ1n) is 1.91. The minimum atomic E-state index is -0.642. The molecule has 0 saturated heterocycles. The third-order valence-corrected chi connectivity index (χ3v) is 0.471. The molecule has 0 saturated carbocycles. The highest BCUT2D eigenvalue weighted by Gasteiger charge is 1.92. The Kier molecular flexibility index (Phi) is 3.51. The van der Waals surface area contributed by atoms with E-state index in [4.69, 9.17) is 5.21 Å². The van der Waals surface area contributed by atoms with E-state index in [0.29, 0.717) is 6.41 Å². The molecule has 5 heteroatoms. The largest absolute Gasteiger partial charge is 0.350 e. The number of hydrogen-bond donors (Lipinski definition) is 3. The van der Waals surface area contributed by atoms with Crippen molar-refractivity contribution in [3.63, 3.8) is 0 Å². The van der Waals surface area contributed by atoms with Crippen LogP contribution in [0, 0.1) is 0 Å². The lowest BCUT2D eigenvalue weighted by molar-refractivity contribution is -0.129. The summed E-state index contributed by atoms with van der Waals surface area (Å²) in [5, 5.41) is 9.85. The maximum Gasteiger partial charge on any atom is 0.262 e. The molecule has 46 valence electrons.